The second-order valence-electron chi connectivity index (χ2n) is 7.01. The number of ether oxygens (including phenoxy) is 2. The van der Waals surface area contributed by atoms with Gasteiger partial charge in [0, 0.05) is 19.3 Å². The Bertz CT molecular complexity index is 293. The minimum Gasteiger partial charge on any atom is -0.381 e. The van der Waals surface area contributed by atoms with Crippen molar-refractivity contribution in [2.45, 2.75) is 69.4 Å². The monoisotopic (exact) mass is 282 g/mol. The van der Waals surface area contributed by atoms with Crippen LogP contribution in [0.25, 0.3) is 0 Å². The summed E-state index contributed by atoms with van der Waals surface area (Å²) < 4.78 is 11.9. The van der Waals surface area contributed by atoms with Gasteiger partial charge in [-0.25, -0.2) is 0 Å². The Morgan fingerprint density at radius 2 is 1.85 bits per heavy atom. The van der Waals surface area contributed by atoms with Gasteiger partial charge < -0.3 is 9.47 Å². The molecule has 0 aromatic heterocycles. The average Bonchev–Trinajstić information content (AvgIpc) is 2.50. The summed E-state index contributed by atoms with van der Waals surface area (Å²) in [4.78, 5) is 0. The van der Waals surface area contributed by atoms with Gasteiger partial charge in [-0.2, -0.15) is 0 Å². The summed E-state index contributed by atoms with van der Waals surface area (Å²) in [5.41, 5.74) is 3.30. The van der Waals surface area contributed by atoms with E-state index in [1.54, 1.807) is 0 Å². The molecule has 0 aromatic rings. The van der Waals surface area contributed by atoms with Crippen LogP contribution in [0.3, 0.4) is 0 Å². The Labute approximate surface area is 122 Å². The molecule has 20 heavy (non-hydrogen) atoms. The van der Waals surface area contributed by atoms with E-state index in [0.717, 1.165) is 26.2 Å². The van der Waals surface area contributed by atoms with Gasteiger partial charge in [-0.05, 0) is 50.4 Å². The van der Waals surface area contributed by atoms with Crippen molar-refractivity contribution >= 4 is 0 Å². The highest BCUT2D eigenvalue weighted by molar-refractivity contribution is 4.94. The van der Waals surface area contributed by atoms with Crippen LogP contribution in [0.1, 0.15) is 57.8 Å². The number of hydrogen-bond donors (Lipinski definition) is 2. The maximum atomic E-state index is 6.22. The van der Waals surface area contributed by atoms with Crippen LogP contribution in [0.2, 0.25) is 0 Å². The summed E-state index contributed by atoms with van der Waals surface area (Å²) in [6.07, 6.45) is 11.3. The standard InChI is InChI=1S/C16H30N2O2/c17-18-15(14-5-4-9-19-12-14)13-6-10-20-16(11-13)7-2-1-3-8-16/h13-15,18H,1-12,17H2. The molecule has 2 heterocycles. The van der Waals surface area contributed by atoms with Crippen LogP contribution >= 0.6 is 0 Å². The largest absolute Gasteiger partial charge is 0.381 e. The Morgan fingerprint density at radius 1 is 1.00 bits per heavy atom. The molecular formula is C16H30N2O2. The highest BCUT2D eigenvalue weighted by Crippen LogP contribution is 2.42. The summed E-state index contributed by atoms with van der Waals surface area (Å²) in [7, 11) is 0. The quantitative estimate of drug-likeness (QED) is 0.616. The van der Waals surface area contributed by atoms with Gasteiger partial charge in [0.25, 0.3) is 0 Å². The molecule has 3 unspecified atom stereocenters. The maximum absolute atomic E-state index is 6.22. The fraction of sp³-hybridized carbons (Fsp3) is 1.00. The first-order chi connectivity index (χ1) is 9.83. The van der Waals surface area contributed by atoms with Gasteiger partial charge in [-0.15, -0.1) is 0 Å². The first kappa shape index (κ1) is 14.8. The van der Waals surface area contributed by atoms with Gasteiger partial charge in [0.15, 0.2) is 0 Å². The molecule has 3 N–H and O–H groups in total. The van der Waals surface area contributed by atoms with E-state index in [1.165, 1.54) is 51.4 Å². The van der Waals surface area contributed by atoms with Crippen molar-refractivity contribution in [3.63, 3.8) is 0 Å². The average molecular weight is 282 g/mol. The molecule has 116 valence electrons. The fourth-order valence-corrected chi connectivity index (χ4v) is 4.62. The molecule has 0 bridgehead atoms. The van der Waals surface area contributed by atoms with Crippen molar-refractivity contribution < 1.29 is 9.47 Å². The van der Waals surface area contributed by atoms with Crippen molar-refractivity contribution in [3.05, 3.63) is 0 Å². The molecule has 3 fully saturated rings. The Kier molecular flexibility index (Phi) is 4.97. The number of rotatable bonds is 3. The van der Waals surface area contributed by atoms with Crippen LogP contribution in [-0.2, 0) is 9.47 Å². The lowest BCUT2D eigenvalue weighted by Gasteiger charge is -2.47. The minimum atomic E-state index is 0.172. The van der Waals surface area contributed by atoms with Crippen molar-refractivity contribution in [1.29, 1.82) is 0 Å². The molecular weight excluding hydrogens is 252 g/mol. The van der Waals surface area contributed by atoms with E-state index < -0.39 is 0 Å². The topological polar surface area (TPSA) is 56.5 Å². The second kappa shape index (κ2) is 6.73. The Balaban J connectivity index is 1.64. The summed E-state index contributed by atoms with van der Waals surface area (Å²) >= 11 is 0. The third kappa shape index (κ3) is 3.19. The molecule has 2 saturated heterocycles. The van der Waals surface area contributed by atoms with E-state index in [4.69, 9.17) is 15.3 Å². The van der Waals surface area contributed by atoms with Crippen LogP contribution in [0.4, 0.5) is 0 Å². The zero-order chi connectivity index (χ0) is 13.8. The van der Waals surface area contributed by atoms with Crippen molar-refractivity contribution in [1.82, 2.24) is 5.43 Å². The van der Waals surface area contributed by atoms with Crippen LogP contribution in [0.15, 0.2) is 0 Å². The van der Waals surface area contributed by atoms with Crippen LogP contribution < -0.4 is 11.3 Å². The smallest absolute Gasteiger partial charge is 0.0685 e. The van der Waals surface area contributed by atoms with E-state index in [0.29, 0.717) is 17.9 Å². The molecule has 1 aliphatic carbocycles. The number of nitrogens with one attached hydrogen (secondary N) is 1. The molecule has 0 aromatic carbocycles. The zero-order valence-electron chi connectivity index (χ0n) is 12.6. The van der Waals surface area contributed by atoms with Crippen LogP contribution in [0, 0.1) is 11.8 Å². The van der Waals surface area contributed by atoms with Gasteiger partial charge in [0.1, 0.15) is 0 Å². The number of hydrogen-bond acceptors (Lipinski definition) is 4. The van der Waals surface area contributed by atoms with E-state index in [1.807, 2.05) is 0 Å². The van der Waals surface area contributed by atoms with Crippen molar-refractivity contribution in [2.75, 3.05) is 19.8 Å². The number of hydrazine groups is 1. The van der Waals surface area contributed by atoms with Crippen LogP contribution in [0.5, 0.6) is 0 Å². The molecule has 1 saturated carbocycles. The zero-order valence-corrected chi connectivity index (χ0v) is 12.6. The number of nitrogens with two attached hydrogens (primary N) is 1. The SMILES string of the molecule is NNC(C1CCCOC1)C1CCOC2(CCCCC2)C1. The van der Waals surface area contributed by atoms with Gasteiger partial charge in [-0.1, -0.05) is 19.3 Å². The van der Waals surface area contributed by atoms with Gasteiger partial charge in [0.2, 0.25) is 0 Å². The van der Waals surface area contributed by atoms with E-state index in [9.17, 15) is 0 Å². The molecule has 2 aliphatic heterocycles. The lowest BCUT2D eigenvalue weighted by Crippen LogP contribution is -2.53. The predicted molar refractivity (Wildman–Crippen MR) is 79.1 cm³/mol. The van der Waals surface area contributed by atoms with E-state index in [2.05, 4.69) is 5.43 Å². The van der Waals surface area contributed by atoms with Gasteiger partial charge >= 0.3 is 0 Å². The molecule has 4 nitrogen and oxygen atoms in total. The molecule has 3 aliphatic rings. The second-order valence-corrected chi connectivity index (χ2v) is 7.01. The summed E-state index contributed by atoms with van der Waals surface area (Å²) in [6.45, 7) is 2.71. The first-order valence-electron chi connectivity index (χ1n) is 8.51. The van der Waals surface area contributed by atoms with Gasteiger partial charge in [-0.3, -0.25) is 11.3 Å². The molecule has 0 amide bonds. The Hall–Kier alpha value is -0.160. The molecule has 3 atom stereocenters. The highest BCUT2D eigenvalue weighted by Gasteiger charge is 2.42. The van der Waals surface area contributed by atoms with E-state index >= 15 is 0 Å². The summed E-state index contributed by atoms with van der Waals surface area (Å²) in [5.74, 6) is 7.14. The van der Waals surface area contributed by atoms with Crippen molar-refractivity contribution in [3.8, 4) is 0 Å². The van der Waals surface area contributed by atoms with Gasteiger partial charge in [0.05, 0.1) is 12.2 Å². The predicted octanol–water partition coefficient (Wildman–Crippen LogP) is 2.37. The molecule has 4 heteroatoms. The maximum Gasteiger partial charge on any atom is 0.0685 e. The molecule has 0 radical (unpaired) electrons. The Morgan fingerprint density at radius 3 is 2.55 bits per heavy atom. The van der Waals surface area contributed by atoms with E-state index in [-0.39, 0.29) is 5.60 Å². The lowest BCUT2D eigenvalue weighted by atomic mass is 9.71. The van der Waals surface area contributed by atoms with Crippen LogP contribution in [-0.4, -0.2) is 31.5 Å². The third-order valence-electron chi connectivity index (χ3n) is 5.70. The summed E-state index contributed by atoms with van der Waals surface area (Å²) in [6, 6.07) is 0.401. The minimum absolute atomic E-state index is 0.172. The lowest BCUT2D eigenvalue weighted by molar-refractivity contribution is -0.127. The molecule has 1 spiro atoms. The summed E-state index contributed by atoms with van der Waals surface area (Å²) in [5, 5.41) is 0. The molecule has 3 rings (SSSR count). The highest BCUT2D eigenvalue weighted by atomic mass is 16.5. The first-order valence-corrected chi connectivity index (χ1v) is 8.51. The van der Waals surface area contributed by atoms with Crippen molar-refractivity contribution in [2.24, 2.45) is 17.7 Å². The fourth-order valence-electron chi connectivity index (χ4n) is 4.62. The third-order valence-corrected chi connectivity index (χ3v) is 5.70. The normalized spacial score (nSPS) is 35.9.